The highest BCUT2D eigenvalue weighted by Gasteiger charge is 2.24. The molecule has 0 aliphatic rings. The highest BCUT2D eigenvalue weighted by molar-refractivity contribution is 5.76. The molecular formula is C15H20N4. The highest BCUT2D eigenvalue weighted by atomic mass is 15.1. The average Bonchev–Trinajstić information content (AvgIpc) is 2.77. The minimum absolute atomic E-state index is 0.577. The molecule has 19 heavy (non-hydrogen) atoms. The molecule has 4 heteroatoms. The first-order valence-electron chi connectivity index (χ1n) is 6.68. The van der Waals surface area contributed by atoms with Crippen LogP contribution in [-0.2, 0) is 13.0 Å². The van der Waals surface area contributed by atoms with Gasteiger partial charge in [0.05, 0.1) is 23.6 Å². The van der Waals surface area contributed by atoms with Crippen molar-refractivity contribution in [3.63, 3.8) is 0 Å². The summed E-state index contributed by atoms with van der Waals surface area (Å²) < 4.78 is 2.17. The standard InChI is InChI=1S/C15H20N4/c1-4-7-14-18-12-8-5-6-9-13(12)19(14)11-15(2,10-16)17-3/h5-6,8-9,17H,4,7,11H2,1-3H3. The molecule has 4 nitrogen and oxygen atoms in total. The number of nitriles is 1. The third-order valence-electron chi connectivity index (χ3n) is 3.48. The SMILES string of the molecule is CCCc1nc2ccccc2n1CC(C)(C#N)NC. The Morgan fingerprint density at radius 2 is 2.16 bits per heavy atom. The van der Waals surface area contributed by atoms with Gasteiger partial charge in [0.2, 0.25) is 0 Å². The molecule has 0 fully saturated rings. The molecule has 2 rings (SSSR count). The van der Waals surface area contributed by atoms with E-state index >= 15 is 0 Å². The van der Waals surface area contributed by atoms with Crippen LogP contribution in [0.2, 0.25) is 0 Å². The van der Waals surface area contributed by atoms with Crippen LogP contribution in [0.15, 0.2) is 24.3 Å². The number of rotatable bonds is 5. The summed E-state index contributed by atoms with van der Waals surface area (Å²) in [5.41, 5.74) is 1.52. The third-order valence-corrected chi connectivity index (χ3v) is 3.48. The topological polar surface area (TPSA) is 53.6 Å². The second-order valence-corrected chi connectivity index (χ2v) is 5.05. The number of aromatic nitrogens is 2. The van der Waals surface area contributed by atoms with E-state index in [1.165, 1.54) is 0 Å². The van der Waals surface area contributed by atoms with Gasteiger partial charge in [-0.3, -0.25) is 0 Å². The van der Waals surface area contributed by atoms with Gasteiger partial charge < -0.3 is 9.88 Å². The molecule has 1 N–H and O–H groups in total. The molecule has 0 aliphatic heterocycles. The fourth-order valence-electron chi connectivity index (χ4n) is 2.20. The zero-order valence-corrected chi connectivity index (χ0v) is 11.8. The van der Waals surface area contributed by atoms with Crippen LogP contribution >= 0.6 is 0 Å². The van der Waals surface area contributed by atoms with Crippen molar-refractivity contribution >= 4 is 11.0 Å². The summed E-state index contributed by atoms with van der Waals surface area (Å²) in [4.78, 5) is 4.68. The normalized spacial score (nSPS) is 14.2. The Kier molecular flexibility index (Phi) is 3.87. The van der Waals surface area contributed by atoms with E-state index in [1.54, 1.807) is 0 Å². The molecule has 100 valence electrons. The van der Waals surface area contributed by atoms with Crippen molar-refractivity contribution in [1.29, 1.82) is 5.26 Å². The van der Waals surface area contributed by atoms with Crippen LogP contribution in [-0.4, -0.2) is 22.1 Å². The first-order valence-corrected chi connectivity index (χ1v) is 6.68. The number of imidazole rings is 1. The minimum atomic E-state index is -0.577. The number of hydrogen-bond donors (Lipinski definition) is 1. The molecule has 0 bridgehead atoms. The van der Waals surface area contributed by atoms with E-state index in [9.17, 15) is 5.26 Å². The number of nitrogens with zero attached hydrogens (tertiary/aromatic N) is 3. The molecule has 0 spiro atoms. The van der Waals surface area contributed by atoms with Crippen molar-refractivity contribution in [2.45, 2.75) is 38.8 Å². The quantitative estimate of drug-likeness (QED) is 0.894. The van der Waals surface area contributed by atoms with Crippen molar-refractivity contribution < 1.29 is 0 Å². The van der Waals surface area contributed by atoms with Gasteiger partial charge in [0, 0.05) is 6.42 Å². The fraction of sp³-hybridized carbons (Fsp3) is 0.467. The number of hydrogen-bond acceptors (Lipinski definition) is 3. The highest BCUT2D eigenvalue weighted by Crippen LogP contribution is 2.20. The van der Waals surface area contributed by atoms with Gasteiger partial charge >= 0.3 is 0 Å². The van der Waals surface area contributed by atoms with Crippen LogP contribution in [0.25, 0.3) is 11.0 Å². The summed E-state index contributed by atoms with van der Waals surface area (Å²) in [5.74, 6) is 1.06. The minimum Gasteiger partial charge on any atom is -0.325 e. The average molecular weight is 256 g/mol. The van der Waals surface area contributed by atoms with Gasteiger partial charge in [-0.05, 0) is 32.5 Å². The van der Waals surface area contributed by atoms with Crippen LogP contribution in [0.4, 0.5) is 0 Å². The Balaban J connectivity index is 2.51. The Labute approximate surface area is 114 Å². The molecule has 0 saturated heterocycles. The summed E-state index contributed by atoms with van der Waals surface area (Å²) in [7, 11) is 1.82. The first kappa shape index (κ1) is 13.6. The van der Waals surface area contributed by atoms with Gasteiger partial charge in [-0.25, -0.2) is 4.98 Å². The summed E-state index contributed by atoms with van der Waals surface area (Å²) in [6.45, 7) is 4.67. The van der Waals surface area contributed by atoms with Gasteiger partial charge in [0.1, 0.15) is 11.4 Å². The maximum atomic E-state index is 9.33. The Hall–Kier alpha value is -1.86. The lowest BCUT2D eigenvalue weighted by atomic mass is 10.1. The molecule has 1 aromatic carbocycles. The van der Waals surface area contributed by atoms with Gasteiger partial charge in [-0.15, -0.1) is 0 Å². The largest absolute Gasteiger partial charge is 0.325 e. The van der Waals surface area contributed by atoms with E-state index in [0.717, 1.165) is 29.7 Å². The zero-order valence-electron chi connectivity index (χ0n) is 11.8. The van der Waals surface area contributed by atoms with Crippen molar-refractivity contribution in [2.75, 3.05) is 7.05 Å². The number of nitrogens with one attached hydrogen (secondary N) is 1. The molecule has 0 saturated carbocycles. The summed E-state index contributed by atoms with van der Waals surface area (Å²) in [6.07, 6.45) is 1.98. The lowest BCUT2D eigenvalue weighted by molar-refractivity contribution is 0.416. The second-order valence-electron chi connectivity index (χ2n) is 5.05. The van der Waals surface area contributed by atoms with Gasteiger partial charge in [-0.2, -0.15) is 5.26 Å². The van der Waals surface area contributed by atoms with Crippen LogP contribution < -0.4 is 5.32 Å². The fourth-order valence-corrected chi connectivity index (χ4v) is 2.20. The Bertz CT molecular complexity index is 608. The van der Waals surface area contributed by atoms with Crippen LogP contribution in [0.3, 0.4) is 0 Å². The lowest BCUT2D eigenvalue weighted by Crippen LogP contribution is -2.42. The number of para-hydroxylation sites is 2. The maximum Gasteiger partial charge on any atom is 0.121 e. The van der Waals surface area contributed by atoms with Crippen molar-refractivity contribution in [2.24, 2.45) is 0 Å². The van der Waals surface area contributed by atoms with Gasteiger partial charge in [0.15, 0.2) is 0 Å². The third kappa shape index (κ3) is 2.61. The van der Waals surface area contributed by atoms with Crippen LogP contribution in [0.5, 0.6) is 0 Å². The molecule has 1 heterocycles. The van der Waals surface area contributed by atoms with Crippen molar-refractivity contribution in [3.8, 4) is 6.07 Å². The molecule has 0 aliphatic carbocycles. The van der Waals surface area contributed by atoms with Gasteiger partial charge in [-0.1, -0.05) is 19.1 Å². The van der Waals surface area contributed by atoms with E-state index in [-0.39, 0.29) is 0 Å². The Morgan fingerprint density at radius 3 is 2.79 bits per heavy atom. The lowest BCUT2D eigenvalue weighted by Gasteiger charge is -2.23. The predicted octanol–water partition coefficient (Wildman–Crippen LogP) is 2.49. The number of benzene rings is 1. The zero-order chi connectivity index (χ0) is 13.9. The second kappa shape index (κ2) is 5.41. The first-order chi connectivity index (χ1) is 9.13. The van der Waals surface area contributed by atoms with Gasteiger partial charge in [0.25, 0.3) is 0 Å². The van der Waals surface area contributed by atoms with E-state index in [4.69, 9.17) is 0 Å². The maximum absolute atomic E-state index is 9.33. The molecule has 1 atom stereocenters. The van der Waals surface area contributed by atoms with E-state index in [1.807, 2.05) is 32.2 Å². The summed E-state index contributed by atoms with van der Waals surface area (Å²) in [5, 5.41) is 12.4. The Morgan fingerprint density at radius 1 is 1.42 bits per heavy atom. The molecule has 1 aromatic heterocycles. The monoisotopic (exact) mass is 256 g/mol. The summed E-state index contributed by atoms with van der Waals surface area (Å²) in [6, 6.07) is 10.4. The van der Waals surface area contributed by atoms with E-state index in [0.29, 0.717) is 6.54 Å². The van der Waals surface area contributed by atoms with E-state index in [2.05, 4.69) is 33.9 Å². The predicted molar refractivity (Wildman–Crippen MR) is 76.8 cm³/mol. The van der Waals surface area contributed by atoms with Crippen molar-refractivity contribution in [1.82, 2.24) is 14.9 Å². The smallest absolute Gasteiger partial charge is 0.121 e. The number of likely N-dealkylation sites (N-methyl/N-ethyl adjacent to an activating group) is 1. The van der Waals surface area contributed by atoms with Crippen LogP contribution in [0, 0.1) is 11.3 Å². The number of aryl methyl sites for hydroxylation is 1. The van der Waals surface area contributed by atoms with Crippen LogP contribution in [0.1, 0.15) is 26.1 Å². The molecule has 0 radical (unpaired) electrons. The van der Waals surface area contributed by atoms with Crippen molar-refractivity contribution in [3.05, 3.63) is 30.1 Å². The summed E-state index contributed by atoms with van der Waals surface area (Å²) >= 11 is 0. The molecule has 0 amide bonds. The molecule has 1 unspecified atom stereocenters. The number of fused-ring (bicyclic) bond motifs is 1. The molecule has 2 aromatic rings. The van der Waals surface area contributed by atoms with E-state index < -0.39 is 5.54 Å². The molecular weight excluding hydrogens is 236 g/mol.